The lowest BCUT2D eigenvalue weighted by Crippen LogP contribution is -2.57. The zero-order valence-electron chi connectivity index (χ0n) is 20.7. The molecule has 0 heterocycles. The van der Waals surface area contributed by atoms with Gasteiger partial charge in [0.15, 0.2) is 0 Å². The van der Waals surface area contributed by atoms with E-state index < -0.39 is 29.7 Å². The number of phenols is 1. The molecule has 0 aliphatic rings. The number of hydrogen-bond acceptors (Lipinski definition) is 5. The van der Waals surface area contributed by atoms with E-state index in [1.54, 1.807) is 46.8 Å². The number of phenolic OH excluding ortho intramolecular Hbond substituents is 1. The average molecular weight is 450 g/mol. The van der Waals surface area contributed by atoms with E-state index in [9.17, 15) is 19.5 Å². The molecule has 0 saturated carbocycles. The minimum absolute atomic E-state index is 0.00621. The van der Waals surface area contributed by atoms with E-state index in [0.29, 0.717) is 5.56 Å². The Labute approximate surface area is 191 Å². The lowest BCUT2D eigenvalue weighted by atomic mass is 9.97. The van der Waals surface area contributed by atoms with E-state index in [-0.39, 0.29) is 29.7 Å². The highest BCUT2D eigenvalue weighted by molar-refractivity contribution is 5.92. The lowest BCUT2D eigenvalue weighted by Gasteiger charge is -2.38. The SMILES string of the molecule is CC(C)NC(=O)C(c1cccc(O)c1)N(C(=O)C(NC(=O)OC(C)(C)C)C(C)C)C(C)C. The van der Waals surface area contributed by atoms with Crippen LogP contribution < -0.4 is 10.6 Å². The zero-order chi connectivity index (χ0) is 24.8. The summed E-state index contributed by atoms with van der Waals surface area (Å²) in [5, 5.41) is 15.5. The summed E-state index contributed by atoms with van der Waals surface area (Å²) in [4.78, 5) is 40.8. The van der Waals surface area contributed by atoms with Gasteiger partial charge in [0.25, 0.3) is 0 Å². The van der Waals surface area contributed by atoms with Gasteiger partial charge in [0, 0.05) is 12.1 Å². The molecule has 2 unspecified atom stereocenters. The quantitative estimate of drug-likeness (QED) is 0.560. The van der Waals surface area contributed by atoms with E-state index in [4.69, 9.17) is 4.74 Å². The Kier molecular flexibility index (Phi) is 9.54. The van der Waals surface area contributed by atoms with E-state index >= 15 is 0 Å². The molecule has 3 N–H and O–H groups in total. The molecule has 0 aliphatic heterocycles. The molecule has 0 bridgehead atoms. The van der Waals surface area contributed by atoms with Gasteiger partial charge >= 0.3 is 6.09 Å². The molecule has 2 atom stereocenters. The third-order valence-corrected chi connectivity index (χ3v) is 4.56. The second kappa shape index (κ2) is 11.2. The summed E-state index contributed by atoms with van der Waals surface area (Å²) in [7, 11) is 0. The summed E-state index contributed by atoms with van der Waals surface area (Å²) in [5.41, 5.74) is -0.238. The first kappa shape index (κ1) is 27.3. The number of alkyl carbamates (subject to hydrolysis) is 1. The van der Waals surface area contributed by atoms with Crippen LogP contribution in [0.5, 0.6) is 5.75 Å². The summed E-state index contributed by atoms with van der Waals surface area (Å²) in [6.07, 6.45) is -0.700. The molecule has 1 aromatic rings. The fourth-order valence-electron chi connectivity index (χ4n) is 3.29. The maximum Gasteiger partial charge on any atom is 0.408 e. The van der Waals surface area contributed by atoms with Crippen molar-refractivity contribution in [2.75, 3.05) is 0 Å². The van der Waals surface area contributed by atoms with Crippen LogP contribution >= 0.6 is 0 Å². The first-order chi connectivity index (χ1) is 14.6. The fourth-order valence-corrected chi connectivity index (χ4v) is 3.29. The summed E-state index contributed by atoms with van der Waals surface area (Å²) in [5.74, 6) is -1.04. The molecule has 1 aromatic carbocycles. The lowest BCUT2D eigenvalue weighted by molar-refractivity contribution is -0.145. The van der Waals surface area contributed by atoms with Crippen molar-refractivity contribution in [3.05, 3.63) is 29.8 Å². The molecular formula is C24H39N3O5. The van der Waals surface area contributed by atoms with Crippen LogP contribution in [-0.4, -0.2) is 51.6 Å². The maximum absolute atomic E-state index is 13.7. The zero-order valence-corrected chi connectivity index (χ0v) is 20.7. The van der Waals surface area contributed by atoms with Crippen LogP contribution in [0.1, 0.15) is 73.9 Å². The van der Waals surface area contributed by atoms with Crippen LogP contribution in [0, 0.1) is 5.92 Å². The van der Waals surface area contributed by atoms with Crippen molar-refractivity contribution in [3.63, 3.8) is 0 Å². The second-order valence-corrected chi connectivity index (χ2v) is 9.87. The topological polar surface area (TPSA) is 108 Å². The Hall–Kier alpha value is -2.77. The molecule has 0 saturated heterocycles. The van der Waals surface area contributed by atoms with Gasteiger partial charge in [-0.05, 0) is 72.1 Å². The number of rotatable bonds is 8. The van der Waals surface area contributed by atoms with Crippen LogP contribution in [0.4, 0.5) is 4.79 Å². The minimum Gasteiger partial charge on any atom is -0.508 e. The molecule has 0 fully saturated rings. The predicted octanol–water partition coefficient (Wildman–Crippen LogP) is 3.74. The molecule has 0 spiro atoms. The molecule has 8 nitrogen and oxygen atoms in total. The number of nitrogens with zero attached hydrogens (tertiary/aromatic N) is 1. The first-order valence-electron chi connectivity index (χ1n) is 11.0. The van der Waals surface area contributed by atoms with Gasteiger partial charge in [-0.15, -0.1) is 0 Å². The Morgan fingerprint density at radius 1 is 1.00 bits per heavy atom. The maximum atomic E-state index is 13.7. The third-order valence-electron chi connectivity index (χ3n) is 4.56. The van der Waals surface area contributed by atoms with Gasteiger partial charge in [0.05, 0.1) is 0 Å². The minimum atomic E-state index is -0.987. The van der Waals surface area contributed by atoms with Gasteiger partial charge in [-0.2, -0.15) is 0 Å². The summed E-state index contributed by atoms with van der Waals surface area (Å²) in [6, 6.07) is 3.89. The monoisotopic (exact) mass is 449 g/mol. The van der Waals surface area contributed by atoms with E-state index in [2.05, 4.69) is 10.6 Å². The van der Waals surface area contributed by atoms with Crippen LogP contribution in [0.2, 0.25) is 0 Å². The normalized spacial score (nSPS) is 13.6. The second-order valence-electron chi connectivity index (χ2n) is 9.87. The van der Waals surface area contributed by atoms with Gasteiger partial charge in [-0.1, -0.05) is 26.0 Å². The van der Waals surface area contributed by atoms with Crippen molar-refractivity contribution in [2.24, 2.45) is 5.92 Å². The van der Waals surface area contributed by atoms with Crippen molar-refractivity contribution in [3.8, 4) is 5.75 Å². The van der Waals surface area contributed by atoms with Gasteiger partial charge in [-0.3, -0.25) is 9.59 Å². The Bertz CT molecular complexity index is 799. The molecule has 0 aliphatic carbocycles. The van der Waals surface area contributed by atoms with Gasteiger partial charge in [0.2, 0.25) is 11.8 Å². The Morgan fingerprint density at radius 3 is 2.03 bits per heavy atom. The van der Waals surface area contributed by atoms with Crippen LogP contribution in [0.25, 0.3) is 0 Å². The van der Waals surface area contributed by atoms with Crippen LogP contribution in [-0.2, 0) is 14.3 Å². The molecule has 32 heavy (non-hydrogen) atoms. The summed E-state index contributed by atoms with van der Waals surface area (Å²) < 4.78 is 5.34. The van der Waals surface area contributed by atoms with Crippen molar-refractivity contribution in [1.82, 2.24) is 15.5 Å². The van der Waals surface area contributed by atoms with E-state index in [1.807, 2.05) is 27.7 Å². The summed E-state index contributed by atoms with van der Waals surface area (Å²) in [6.45, 7) is 16.1. The molecular weight excluding hydrogens is 410 g/mol. The highest BCUT2D eigenvalue weighted by Crippen LogP contribution is 2.28. The highest BCUT2D eigenvalue weighted by atomic mass is 16.6. The first-order valence-corrected chi connectivity index (χ1v) is 11.0. The van der Waals surface area contributed by atoms with Gasteiger partial charge < -0.3 is 25.4 Å². The number of aromatic hydroxyl groups is 1. The molecule has 1 rings (SSSR count). The third kappa shape index (κ3) is 8.05. The van der Waals surface area contributed by atoms with Crippen LogP contribution in [0.15, 0.2) is 24.3 Å². The average Bonchev–Trinajstić information content (AvgIpc) is 2.60. The number of carbonyl (C=O) groups excluding carboxylic acids is 3. The predicted molar refractivity (Wildman–Crippen MR) is 124 cm³/mol. The van der Waals surface area contributed by atoms with Crippen molar-refractivity contribution < 1.29 is 24.2 Å². The molecule has 3 amide bonds. The number of benzene rings is 1. The summed E-state index contributed by atoms with van der Waals surface area (Å²) >= 11 is 0. The van der Waals surface area contributed by atoms with Gasteiger partial charge in [0.1, 0.15) is 23.4 Å². The number of ether oxygens (including phenoxy) is 1. The number of carbonyl (C=O) groups is 3. The molecule has 8 heteroatoms. The fraction of sp³-hybridized carbons (Fsp3) is 0.625. The van der Waals surface area contributed by atoms with E-state index in [0.717, 1.165) is 0 Å². The highest BCUT2D eigenvalue weighted by Gasteiger charge is 2.39. The molecule has 0 aromatic heterocycles. The van der Waals surface area contributed by atoms with Crippen molar-refractivity contribution in [2.45, 2.75) is 92.1 Å². The van der Waals surface area contributed by atoms with E-state index in [1.165, 1.54) is 17.0 Å². The number of nitrogens with one attached hydrogen (secondary N) is 2. The van der Waals surface area contributed by atoms with Crippen molar-refractivity contribution in [1.29, 1.82) is 0 Å². The van der Waals surface area contributed by atoms with Crippen molar-refractivity contribution >= 4 is 17.9 Å². The largest absolute Gasteiger partial charge is 0.508 e. The Morgan fingerprint density at radius 2 is 1.59 bits per heavy atom. The molecule has 180 valence electrons. The smallest absolute Gasteiger partial charge is 0.408 e. The Balaban J connectivity index is 3.42. The standard InChI is InChI=1S/C24H39N3O5/c1-14(2)19(26-23(31)32-24(7,8)9)22(30)27(16(5)6)20(21(29)25-15(3)4)17-11-10-12-18(28)13-17/h10-16,19-20,28H,1-9H3,(H,25,29)(H,26,31). The van der Waals surface area contributed by atoms with Crippen LogP contribution in [0.3, 0.4) is 0 Å². The molecule has 0 radical (unpaired) electrons. The van der Waals surface area contributed by atoms with Gasteiger partial charge in [-0.25, -0.2) is 4.79 Å². The number of amides is 3. The number of hydrogen-bond donors (Lipinski definition) is 3.